The number of carbonyl (C=O) groups is 1. The molecule has 0 aliphatic heterocycles. The average Bonchev–Trinajstić information content (AvgIpc) is 3.10. The summed E-state index contributed by atoms with van der Waals surface area (Å²) >= 11 is 0. The normalized spacial score (nSPS) is 11.3. The van der Waals surface area contributed by atoms with E-state index >= 15 is 0 Å². The van der Waals surface area contributed by atoms with Crippen LogP contribution in [0.2, 0.25) is 0 Å². The Kier molecular flexibility index (Phi) is 4.38. The molecule has 3 rings (SSSR count). The third-order valence-electron chi connectivity index (χ3n) is 3.49. The van der Waals surface area contributed by atoms with Gasteiger partial charge in [0.15, 0.2) is 5.82 Å². The number of nitrogens with one attached hydrogen (secondary N) is 1. The first kappa shape index (κ1) is 15.5. The van der Waals surface area contributed by atoms with Crippen molar-refractivity contribution in [1.29, 1.82) is 0 Å². The SMILES string of the molecule is COC(=O)c1ccc(-c2cc(N=C(N)c3ccccc3)n[nH]2)cc1. The van der Waals surface area contributed by atoms with Crippen LogP contribution < -0.4 is 5.73 Å². The quantitative estimate of drug-likeness (QED) is 0.439. The highest BCUT2D eigenvalue weighted by Crippen LogP contribution is 2.22. The van der Waals surface area contributed by atoms with Crippen LogP contribution in [0.4, 0.5) is 5.82 Å². The lowest BCUT2D eigenvalue weighted by Crippen LogP contribution is -2.12. The monoisotopic (exact) mass is 320 g/mol. The highest BCUT2D eigenvalue weighted by Gasteiger charge is 2.07. The van der Waals surface area contributed by atoms with Gasteiger partial charge in [0.25, 0.3) is 0 Å². The maximum Gasteiger partial charge on any atom is 0.337 e. The number of hydrogen-bond acceptors (Lipinski definition) is 4. The summed E-state index contributed by atoms with van der Waals surface area (Å²) in [5.41, 5.74) is 8.99. The molecule has 0 unspecified atom stereocenters. The second kappa shape index (κ2) is 6.78. The van der Waals surface area contributed by atoms with Gasteiger partial charge >= 0.3 is 5.97 Å². The van der Waals surface area contributed by atoms with Gasteiger partial charge in [-0.3, -0.25) is 5.10 Å². The number of nitrogens with zero attached hydrogens (tertiary/aromatic N) is 2. The van der Waals surface area contributed by atoms with Crippen LogP contribution in [0.1, 0.15) is 15.9 Å². The molecule has 0 saturated heterocycles. The second-order valence-corrected chi connectivity index (χ2v) is 5.07. The fourth-order valence-corrected chi connectivity index (χ4v) is 2.22. The highest BCUT2D eigenvalue weighted by atomic mass is 16.5. The zero-order chi connectivity index (χ0) is 16.9. The summed E-state index contributed by atoms with van der Waals surface area (Å²) in [6, 6.07) is 18.3. The highest BCUT2D eigenvalue weighted by molar-refractivity contribution is 5.98. The van der Waals surface area contributed by atoms with E-state index in [1.54, 1.807) is 18.2 Å². The minimum Gasteiger partial charge on any atom is -0.465 e. The number of ether oxygens (including phenoxy) is 1. The second-order valence-electron chi connectivity index (χ2n) is 5.07. The van der Waals surface area contributed by atoms with Crippen LogP contribution in [-0.4, -0.2) is 29.1 Å². The molecule has 6 nitrogen and oxygen atoms in total. The molecule has 0 bridgehead atoms. The summed E-state index contributed by atoms with van der Waals surface area (Å²) in [5, 5.41) is 7.06. The number of benzene rings is 2. The van der Waals surface area contributed by atoms with E-state index in [1.165, 1.54) is 7.11 Å². The summed E-state index contributed by atoms with van der Waals surface area (Å²) in [5.74, 6) is 0.519. The number of methoxy groups -OCH3 is 1. The van der Waals surface area contributed by atoms with Gasteiger partial charge in [0.2, 0.25) is 0 Å². The van der Waals surface area contributed by atoms with Gasteiger partial charge < -0.3 is 10.5 Å². The molecule has 3 aromatic rings. The minimum atomic E-state index is -0.368. The predicted octanol–water partition coefficient (Wildman–Crippen LogP) is 2.90. The van der Waals surface area contributed by atoms with Gasteiger partial charge in [-0.25, -0.2) is 9.79 Å². The molecule has 1 heterocycles. The van der Waals surface area contributed by atoms with Gasteiger partial charge in [-0.1, -0.05) is 42.5 Å². The Balaban J connectivity index is 1.82. The van der Waals surface area contributed by atoms with Gasteiger partial charge in [-0.15, -0.1) is 0 Å². The largest absolute Gasteiger partial charge is 0.465 e. The molecule has 0 saturated carbocycles. The third kappa shape index (κ3) is 3.33. The van der Waals surface area contributed by atoms with Crippen molar-refractivity contribution < 1.29 is 9.53 Å². The fraction of sp³-hybridized carbons (Fsp3) is 0.0556. The first-order valence-corrected chi connectivity index (χ1v) is 7.31. The first-order valence-electron chi connectivity index (χ1n) is 7.31. The van der Waals surface area contributed by atoms with Crippen molar-refractivity contribution >= 4 is 17.6 Å². The maximum absolute atomic E-state index is 11.4. The maximum atomic E-state index is 11.4. The Hall–Kier alpha value is -3.41. The molecule has 0 aliphatic rings. The van der Waals surface area contributed by atoms with Gasteiger partial charge in [0, 0.05) is 11.6 Å². The number of aromatic nitrogens is 2. The zero-order valence-electron chi connectivity index (χ0n) is 13.1. The van der Waals surface area contributed by atoms with Crippen LogP contribution in [0, 0.1) is 0 Å². The molecule has 0 fully saturated rings. The van der Waals surface area contributed by atoms with Crippen molar-refractivity contribution in [2.24, 2.45) is 10.7 Å². The Morgan fingerprint density at radius 3 is 2.46 bits per heavy atom. The summed E-state index contributed by atoms with van der Waals surface area (Å²) in [6.45, 7) is 0. The van der Waals surface area contributed by atoms with E-state index in [1.807, 2.05) is 42.5 Å². The molecule has 3 N–H and O–H groups in total. The smallest absolute Gasteiger partial charge is 0.337 e. The Morgan fingerprint density at radius 2 is 1.79 bits per heavy atom. The Labute approximate surface area is 139 Å². The number of amidine groups is 1. The lowest BCUT2D eigenvalue weighted by Gasteiger charge is -2.00. The number of hydrogen-bond donors (Lipinski definition) is 2. The minimum absolute atomic E-state index is 0.368. The van der Waals surface area contributed by atoms with Crippen molar-refractivity contribution in [1.82, 2.24) is 10.2 Å². The van der Waals surface area contributed by atoms with E-state index in [4.69, 9.17) is 5.73 Å². The van der Waals surface area contributed by atoms with E-state index < -0.39 is 0 Å². The standard InChI is InChI=1S/C18H16N4O2/c1-24-18(23)14-9-7-12(8-10-14)15-11-16(22-21-15)20-17(19)13-5-3-2-4-6-13/h2-11H,1H3,(H3,19,20,21,22). The summed E-state index contributed by atoms with van der Waals surface area (Å²) < 4.78 is 4.68. The molecule has 0 amide bonds. The number of aromatic amines is 1. The van der Waals surface area contributed by atoms with Crippen molar-refractivity contribution in [3.05, 3.63) is 71.8 Å². The molecule has 0 aliphatic carbocycles. The van der Waals surface area contributed by atoms with Crippen LogP contribution in [0.3, 0.4) is 0 Å². The molecule has 0 atom stereocenters. The van der Waals surface area contributed by atoms with Crippen molar-refractivity contribution in [2.45, 2.75) is 0 Å². The number of rotatable bonds is 4. The van der Waals surface area contributed by atoms with E-state index in [0.29, 0.717) is 17.2 Å². The fourth-order valence-electron chi connectivity index (χ4n) is 2.22. The average molecular weight is 320 g/mol. The summed E-state index contributed by atoms with van der Waals surface area (Å²) in [6.07, 6.45) is 0. The number of esters is 1. The van der Waals surface area contributed by atoms with Crippen LogP contribution in [0.25, 0.3) is 11.3 Å². The van der Waals surface area contributed by atoms with Crippen LogP contribution in [0.15, 0.2) is 65.7 Å². The van der Waals surface area contributed by atoms with Crippen molar-refractivity contribution in [3.8, 4) is 11.3 Å². The lowest BCUT2D eigenvalue weighted by atomic mass is 10.1. The topological polar surface area (TPSA) is 93.4 Å². The van der Waals surface area contributed by atoms with Crippen LogP contribution in [0.5, 0.6) is 0 Å². The molecule has 6 heteroatoms. The number of aliphatic imine (C=N–C) groups is 1. The Morgan fingerprint density at radius 1 is 1.08 bits per heavy atom. The van der Waals surface area contributed by atoms with E-state index in [-0.39, 0.29) is 5.97 Å². The molecule has 2 aromatic carbocycles. The molecule has 1 aromatic heterocycles. The zero-order valence-corrected chi connectivity index (χ0v) is 13.1. The molecular weight excluding hydrogens is 304 g/mol. The molecule has 24 heavy (non-hydrogen) atoms. The van der Waals surface area contributed by atoms with E-state index in [0.717, 1.165) is 16.8 Å². The molecular formula is C18H16N4O2. The van der Waals surface area contributed by atoms with E-state index in [9.17, 15) is 4.79 Å². The van der Waals surface area contributed by atoms with Gasteiger partial charge in [0.1, 0.15) is 5.84 Å². The van der Waals surface area contributed by atoms with Crippen LogP contribution >= 0.6 is 0 Å². The number of nitrogens with two attached hydrogens (primary N) is 1. The van der Waals surface area contributed by atoms with E-state index in [2.05, 4.69) is 19.9 Å². The van der Waals surface area contributed by atoms with Gasteiger partial charge in [0.05, 0.1) is 18.4 Å². The molecule has 0 spiro atoms. The van der Waals surface area contributed by atoms with Crippen molar-refractivity contribution in [2.75, 3.05) is 7.11 Å². The van der Waals surface area contributed by atoms with Crippen molar-refractivity contribution in [3.63, 3.8) is 0 Å². The van der Waals surface area contributed by atoms with Gasteiger partial charge in [-0.2, -0.15) is 5.10 Å². The predicted molar refractivity (Wildman–Crippen MR) is 92.2 cm³/mol. The third-order valence-corrected chi connectivity index (χ3v) is 3.49. The van der Waals surface area contributed by atoms with Gasteiger partial charge in [-0.05, 0) is 17.7 Å². The number of carbonyl (C=O) groups excluding carboxylic acids is 1. The van der Waals surface area contributed by atoms with Crippen LogP contribution in [-0.2, 0) is 4.74 Å². The first-order chi connectivity index (χ1) is 11.7. The molecule has 120 valence electrons. The lowest BCUT2D eigenvalue weighted by molar-refractivity contribution is 0.0601. The Bertz CT molecular complexity index is 868. The molecule has 0 radical (unpaired) electrons. The summed E-state index contributed by atoms with van der Waals surface area (Å²) in [7, 11) is 1.35. The summed E-state index contributed by atoms with van der Waals surface area (Å²) in [4.78, 5) is 15.8. The number of H-pyrrole nitrogens is 1.